The van der Waals surface area contributed by atoms with Crippen LogP contribution < -0.4 is 11.3 Å². The lowest BCUT2D eigenvalue weighted by atomic mass is 10.2. The van der Waals surface area contributed by atoms with Crippen LogP contribution in [0, 0.1) is 0 Å². The van der Waals surface area contributed by atoms with Gasteiger partial charge in [0.1, 0.15) is 0 Å². The number of nitrogens with one attached hydrogen (secondary N) is 1. The summed E-state index contributed by atoms with van der Waals surface area (Å²) in [5.41, 5.74) is 2.50. The average Bonchev–Trinajstić information content (AvgIpc) is 2.16. The fourth-order valence-electron chi connectivity index (χ4n) is 1.17. The fourth-order valence-corrected chi connectivity index (χ4v) is 1.54. The van der Waals surface area contributed by atoms with Crippen molar-refractivity contribution in [2.75, 3.05) is 5.43 Å². The fraction of sp³-hybridized carbons (Fsp3) is 0. The second-order valence-corrected chi connectivity index (χ2v) is 3.48. The lowest BCUT2D eigenvalue weighted by molar-refractivity contribution is 1.04. The molecule has 0 saturated carbocycles. The summed E-state index contributed by atoms with van der Waals surface area (Å²) in [4.78, 5) is 0. The zero-order chi connectivity index (χ0) is 9.26. The maximum atomic E-state index is 5.29. The zero-order valence-electron chi connectivity index (χ0n) is 6.66. The molecule has 0 amide bonds. The summed E-state index contributed by atoms with van der Waals surface area (Å²) in [7, 11) is 0. The molecule has 66 valence electrons. The van der Waals surface area contributed by atoms with Crippen molar-refractivity contribution < 1.29 is 0 Å². The lowest BCUT2D eigenvalue weighted by Crippen LogP contribution is -2.09. The smallest absolute Gasteiger partial charge is 0.170 e. The Balaban J connectivity index is 2.77. The molecule has 0 fully saturated rings. The van der Waals surface area contributed by atoms with Gasteiger partial charge in [-0.15, -0.1) is 5.10 Å². The van der Waals surface area contributed by atoms with Crippen LogP contribution in [0.5, 0.6) is 0 Å². The van der Waals surface area contributed by atoms with E-state index in [-0.39, 0.29) is 0 Å². The van der Waals surface area contributed by atoms with E-state index < -0.39 is 0 Å². The van der Waals surface area contributed by atoms with Gasteiger partial charge < -0.3 is 5.43 Å². The van der Waals surface area contributed by atoms with Crippen LogP contribution in [0.2, 0.25) is 0 Å². The Labute approximate surface area is 83.2 Å². The number of hydrogen-bond donors (Lipinski definition) is 2. The highest BCUT2D eigenvalue weighted by atomic mass is 79.9. The van der Waals surface area contributed by atoms with Gasteiger partial charge in [-0.1, -0.05) is 15.9 Å². The molecule has 2 rings (SSSR count). The minimum absolute atomic E-state index is 0.588. The Morgan fingerprint density at radius 3 is 3.00 bits per heavy atom. The molecule has 1 heterocycles. The molecule has 0 saturated heterocycles. The molecule has 0 radical (unpaired) electrons. The van der Waals surface area contributed by atoms with Crippen LogP contribution in [0.15, 0.2) is 28.9 Å². The molecule has 2 aromatic rings. The van der Waals surface area contributed by atoms with Crippen LogP contribution in [0.3, 0.4) is 0 Å². The third kappa shape index (κ3) is 1.48. The van der Waals surface area contributed by atoms with Gasteiger partial charge in [-0.05, 0) is 18.2 Å². The highest BCUT2D eigenvalue weighted by Crippen LogP contribution is 2.22. The molecule has 1 aromatic carbocycles. The Hall–Kier alpha value is -1.20. The van der Waals surface area contributed by atoms with E-state index in [1.807, 2.05) is 18.2 Å². The molecule has 0 aliphatic carbocycles. The minimum Gasteiger partial charge on any atom is -0.306 e. The first-order valence-corrected chi connectivity index (χ1v) is 4.48. The van der Waals surface area contributed by atoms with Crippen molar-refractivity contribution in [1.82, 2.24) is 10.2 Å². The van der Waals surface area contributed by atoms with Crippen LogP contribution in [0.25, 0.3) is 10.8 Å². The summed E-state index contributed by atoms with van der Waals surface area (Å²) in [6.45, 7) is 0. The van der Waals surface area contributed by atoms with Gasteiger partial charge in [0.05, 0.1) is 6.20 Å². The molecule has 0 aliphatic heterocycles. The third-order valence-electron chi connectivity index (χ3n) is 1.76. The predicted molar refractivity (Wildman–Crippen MR) is 55.0 cm³/mol. The molecule has 3 N–H and O–H groups in total. The molecule has 0 atom stereocenters. The Bertz CT molecular complexity index is 443. The third-order valence-corrected chi connectivity index (χ3v) is 2.25. The van der Waals surface area contributed by atoms with Crippen LogP contribution in [0.1, 0.15) is 0 Å². The topological polar surface area (TPSA) is 63.8 Å². The Morgan fingerprint density at radius 2 is 2.23 bits per heavy atom. The standard InChI is InChI=1S/C8H7BrN4/c9-6-1-2-7-5(3-6)4-11-13-8(7)12-10/h1-4H,10H2,(H,12,13). The molecule has 0 spiro atoms. The lowest BCUT2D eigenvalue weighted by Gasteiger charge is -2.02. The molecule has 0 unspecified atom stereocenters. The van der Waals surface area contributed by atoms with Gasteiger partial charge in [-0.3, -0.25) is 0 Å². The summed E-state index contributed by atoms with van der Waals surface area (Å²) in [6.07, 6.45) is 1.70. The van der Waals surface area contributed by atoms with Gasteiger partial charge in [0.2, 0.25) is 0 Å². The molecule has 0 aliphatic rings. The van der Waals surface area contributed by atoms with E-state index >= 15 is 0 Å². The van der Waals surface area contributed by atoms with E-state index in [0.29, 0.717) is 5.82 Å². The second kappa shape index (κ2) is 3.27. The molecule has 0 bridgehead atoms. The first kappa shape index (κ1) is 8.40. The molecular weight excluding hydrogens is 232 g/mol. The molecule has 13 heavy (non-hydrogen) atoms. The Kier molecular flexibility index (Phi) is 2.12. The van der Waals surface area contributed by atoms with E-state index in [2.05, 4.69) is 31.6 Å². The van der Waals surface area contributed by atoms with Crippen LogP contribution in [0.4, 0.5) is 5.82 Å². The summed E-state index contributed by atoms with van der Waals surface area (Å²) < 4.78 is 1.01. The molecule has 5 heteroatoms. The first-order valence-electron chi connectivity index (χ1n) is 3.69. The van der Waals surface area contributed by atoms with Gasteiger partial charge >= 0.3 is 0 Å². The zero-order valence-corrected chi connectivity index (χ0v) is 8.25. The first-order chi connectivity index (χ1) is 6.31. The maximum absolute atomic E-state index is 5.29. The number of benzene rings is 1. The minimum atomic E-state index is 0.588. The number of fused-ring (bicyclic) bond motifs is 1. The van der Waals surface area contributed by atoms with E-state index in [1.165, 1.54) is 0 Å². The van der Waals surface area contributed by atoms with Crippen molar-refractivity contribution in [3.63, 3.8) is 0 Å². The van der Waals surface area contributed by atoms with Crippen LogP contribution in [-0.2, 0) is 0 Å². The number of hydrogen-bond acceptors (Lipinski definition) is 4. The quantitative estimate of drug-likeness (QED) is 0.587. The van der Waals surface area contributed by atoms with Crippen molar-refractivity contribution in [2.45, 2.75) is 0 Å². The average molecular weight is 239 g/mol. The summed E-state index contributed by atoms with van der Waals surface area (Å²) >= 11 is 3.38. The number of aromatic nitrogens is 2. The van der Waals surface area contributed by atoms with Crippen molar-refractivity contribution in [3.8, 4) is 0 Å². The van der Waals surface area contributed by atoms with Gasteiger partial charge in [0.25, 0.3) is 0 Å². The van der Waals surface area contributed by atoms with Crippen LogP contribution in [-0.4, -0.2) is 10.2 Å². The normalized spacial score (nSPS) is 10.3. The number of hydrazine groups is 1. The van der Waals surface area contributed by atoms with Crippen molar-refractivity contribution in [1.29, 1.82) is 0 Å². The van der Waals surface area contributed by atoms with Gasteiger partial charge in [-0.25, -0.2) is 5.84 Å². The highest BCUT2D eigenvalue weighted by molar-refractivity contribution is 9.10. The number of rotatable bonds is 1. The number of halogens is 1. The molecule has 1 aromatic heterocycles. The summed E-state index contributed by atoms with van der Waals surface area (Å²) in [5, 5.41) is 9.62. The predicted octanol–water partition coefficient (Wildman–Crippen LogP) is 1.68. The van der Waals surface area contributed by atoms with E-state index in [4.69, 9.17) is 5.84 Å². The second-order valence-electron chi connectivity index (χ2n) is 2.57. The van der Waals surface area contributed by atoms with E-state index in [9.17, 15) is 0 Å². The van der Waals surface area contributed by atoms with Gasteiger partial charge in [0.15, 0.2) is 5.82 Å². The van der Waals surface area contributed by atoms with Crippen molar-refractivity contribution >= 4 is 32.5 Å². The SMILES string of the molecule is NNc1nncc2cc(Br)ccc12. The maximum Gasteiger partial charge on any atom is 0.170 e. The van der Waals surface area contributed by atoms with E-state index in [1.54, 1.807) is 6.20 Å². The van der Waals surface area contributed by atoms with Crippen molar-refractivity contribution in [3.05, 3.63) is 28.9 Å². The summed E-state index contributed by atoms with van der Waals surface area (Å²) in [6, 6.07) is 5.83. The largest absolute Gasteiger partial charge is 0.306 e. The van der Waals surface area contributed by atoms with Crippen molar-refractivity contribution in [2.24, 2.45) is 5.84 Å². The monoisotopic (exact) mass is 238 g/mol. The molecular formula is C8H7BrN4. The Morgan fingerprint density at radius 1 is 1.38 bits per heavy atom. The number of nitrogens with two attached hydrogens (primary N) is 1. The van der Waals surface area contributed by atoms with Crippen LogP contribution >= 0.6 is 15.9 Å². The molecule has 4 nitrogen and oxygen atoms in total. The summed E-state index contributed by atoms with van der Waals surface area (Å²) in [5.74, 6) is 5.88. The van der Waals surface area contributed by atoms with Gasteiger partial charge in [0, 0.05) is 15.2 Å². The number of nitrogen functional groups attached to an aromatic ring is 1. The highest BCUT2D eigenvalue weighted by Gasteiger charge is 2.00. The number of anilines is 1. The number of nitrogens with zero attached hydrogens (tertiary/aromatic N) is 2. The van der Waals surface area contributed by atoms with E-state index in [0.717, 1.165) is 15.2 Å². The van der Waals surface area contributed by atoms with Gasteiger partial charge in [-0.2, -0.15) is 5.10 Å².